The maximum absolute atomic E-state index is 13.1. The van der Waals surface area contributed by atoms with Gasteiger partial charge in [-0.15, -0.1) is 0 Å². The highest BCUT2D eigenvalue weighted by molar-refractivity contribution is 8.18. The quantitative estimate of drug-likeness (QED) is 0.426. The Hall–Kier alpha value is -2.83. The topological polar surface area (TPSA) is 42.3 Å². The highest BCUT2D eigenvalue weighted by atomic mass is 35.5. The Morgan fingerprint density at radius 2 is 1.77 bits per heavy atom. The Labute approximate surface area is 189 Å². The number of imide groups is 1. The number of carbonyl (C=O) groups excluding carboxylic acids is 2. The molecule has 31 heavy (non-hydrogen) atoms. The normalized spacial score (nSPS) is 15.4. The average molecular weight is 455 g/mol. The molecule has 2 heterocycles. The van der Waals surface area contributed by atoms with Gasteiger partial charge in [-0.3, -0.25) is 14.5 Å². The van der Waals surface area contributed by atoms with Gasteiger partial charge in [0.2, 0.25) is 0 Å². The lowest BCUT2D eigenvalue weighted by molar-refractivity contribution is -0.123. The average Bonchev–Trinajstić information content (AvgIpc) is 3.15. The van der Waals surface area contributed by atoms with Crippen molar-refractivity contribution in [2.75, 3.05) is 0 Å². The minimum atomic E-state index is -0.358. The molecular formula is C24H20ClFN2O2S. The summed E-state index contributed by atoms with van der Waals surface area (Å²) in [6.07, 6.45) is 1.76. The molecule has 0 saturated carbocycles. The van der Waals surface area contributed by atoms with Crippen molar-refractivity contribution in [1.29, 1.82) is 0 Å². The van der Waals surface area contributed by atoms with Gasteiger partial charge in [0.1, 0.15) is 5.82 Å². The molecule has 1 saturated heterocycles. The monoisotopic (exact) mass is 454 g/mol. The SMILES string of the molecule is Cc1c(Cl)cccc1-n1c(C)cc(/C=C2\SC(=O)N(Cc3ccc(F)cc3)C2=O)c1C. The molecule has 1 aromatic heterocycles. The molecule has 4 nitrogen and oxygen atoms in total. The van der Waals surface area contributed by atoms with E-state index in [1.807, 2.05) is 45.0 Å². The van der Waals surface area contributed by atoms with E-state index in [0.29, 0.717) is 15.5 Å². The van der Waals surface area contributed by atoms with Gasteiger partial charge in [0.25, 0.3) is 11.1 Å². The minimum absolute atomic E-state index is 0.114. The lowest BCUT2D eigenvalue weighted by Gasteiger charge is -2.13. The summed E-state index contributed by atoms with van der Waals surface area (Å²) in [7, 11) is 0. The van der Waals surface area contributed by atoms with Crippen LogP contribution in [0.25, 0.3) is 11.8 Å². The fourth-order valence-corrected chi connectivity index (χ4v) is 4.69. The number of benzene rings is 2. The number of nitrogens with zero attached hydrogens (tertiary/aromatic N) is 2. The zero-order chi connectivity index (χ0) is 22.3. The van der Waals surface area contributed by atoms with E-state index in [-0.39, 0.29) is 23.5 Å². The Morgan fingerprint density at radius 1 is 1.06 bits per heavy atom. The molecule has 4 rings (SSSR count). The van der Waals surface area contributed by atoms with Crippen LogP contribution in [-0.4, -0.2) is 20.6 Å². The predicted molar refractivity (Wildman–Crippen MR) is 123 cm³/mol. The van der Waals surface area contributed by atoms with Gasteiger partial charge in [-0.2, -0.15) is 0 Å². The van der Waals surface area contributed by atoms with Gasteiger partial charge >= 0.3 is 0 Å². The Morgan fingerprint density at radius 3 is 2.48 bits per heavy atom. The van der Waals surface area contributed by atoms with Crippen LogP contribution < -0.4 is 0 Å². The third kappa shape index (κ3) is 4.05. The molecule has 7 heteroatoms. The van der Waals surface area contributed by atoms with Gasteiger partial charge in [0.15, 0.2) is 0 Å². The predicted octanol–water partition coefficient (Wildman–Crippen LogP) is 6.43. The summed E-state index contributed by atoms with van der Waals surface area (Å²) in [5.41, 5.74) is 5.46. The number of rotatable bonds is 4. The van der Waals surface area contributed by atoms with Crippen molar-refractivity contribution in [2.45, 2.75) is 27.3 Å². The highest BCUT2D eigenvalue weighted by Crippen LogP contribution is 2.35. The second-order valence-corrected chi connectivity index (χ2v) is 8.84. The number of hydrogen-bond donors (Lipinski definition) is 0. The number of aryl methyl sites for hydroxylation is 1. The molecule has 1 aliphatic heterocycles. The lowest BCUT2D eigenvalue weighted by atomic mass is 10.2. The van der Waals surface area contributed by atoms with E-state index in [0.717, 1.165) is 40.0 Å². The van der Waals surface area contributed by atoms with Crippen LogP contribution in [0, 0.1) is 26.6 Å². The summed E-state index contributed by atoms with van der Waals surface area (Å²) in [5, 5.41) is 0.355. The second-order valence-electron chi connectivity index (χ2n) is 7.44. The molecule has 0 spiro atoms. The molecule has 0 radical (unpaired) electrons. The number of amides is 2. The van der Waals surface area contributed by atoms with Crippen LogP contribution in [0.4, 0.5) is 9.18 Å². The van der Waals surface area contributed by atoms with Gasteiger partial charge in [0, 0.05) is 22.1 Å². The second kappa shape index (κ2) is 8.36. The molecule has 2 aromatic carbocycles. The van der Waals surface area contributed by atoms with Crippen LogP contribution >= 0.6 is 23.4 Å². The first-order chi connectivity index (χ1) is 14.8. The summed E-state index contributed by atoms with van der Waals surface area (Å²) in [5.74, 6) is -0.703. The highest BCUT2D eigenvalue weighted by Gasteiger charge is 2.35. The van der Waals surface area contributed by atoms with Gasteiger partial charge in [-0.25, -0.2) is 4.39 Å². The fraction of sp³-hybridized carbons (Fsp3) is 0.167. The van der Waals surface area contributed by atoms with Crippen molar-refractivity contribution in [3.8, 4) is 5.69 Å². The molecule has 0 atom stereocenters. The molecule has 3 aromatic rings. The van der Waals surface area contributed by atoms with Crippen LogP contribution in [0.15, 0.2) is 53.4 Å². The van der Waals surface area contributed by atoms with Crippen molar-refractivity contribution in [1.82, 2.24) is 9.47 Å². The van der Waals surface area contributed by atoms with Crippen LogP contribution in [0.2, 0.25) is 5.02 Å². The van der Waals surface area contributed by atoms with E-state index < -0.39 is 0 Å². The molecule has 0 bridgehead atoms. The summed E-state index contributed by atoms with van der Waals surface area (Å²) >= 11 is 7.22. The molecule has 0 unspecified atom stereocenters. The van der Waals surface area contributed by atoms with Crippen molar-refractivity contribution in [3.05, 3.63) is 92.4 Å². The van der Waals surface area contributed by atoms with E-state index in [1.54, 1.807) is 18.2 Å². The van der Waals surface area contributed by atoms with Gasteiger partial charge < -0.3 is 4.57 Å². The number of aromatic nitrogens is 1. The number of halogens is 2. The van der Waals surface area contributed by atoms with Crippen molar-refractivity contribution in [3.63, 3.8) is 0 Å². The smallest absolute Gasteiger partial charge is 0.293 e. The van der Waals surface area contributed by atoms with Gasteiger partial charge in [-0.05, 0) is 85.6 Å². The van der Waals surface area contributed by atoms with Crippen molar-refractivity contribution in [2.24, 2.45) is 0 Å². The third-order valence-electron chi connectivity index (χ3n) is 5.36. The van der Waals surface area contributed by atoms with E-state index in [1.165, 1.54) is 17.0 Å². The standard InChI is InChI=1S/C24H20ClFN2O2S/c1-14-11-18(16(3)28(14)21-6-4-5-20(25)15(21)2)12-22-23(29)27(24(30)31-22)13-17-7-9-19(26)10-8-17/h4-12H,13H2,1-3H3/b22-12-. The maximum atomic E-state index is 13.1. The lowest BCUT2D eigenvalue weighted by Crippen LogP contribution is -2.27. The molecule has 1 fully saturated rings. The first kappa shape index (κ1) is 21.4. The fourth-order valence-electron chi connectivity index (χ4n) is 3.69. The molecule has 0 aliphatic carbocycles. The van der Waals surface area contributed by atoms with Crippen molar-refractivity contribution >= 4 is 40.6 Å². The van der Waals surface area contributed by atoms with Crippen molar-refractivity contribution < 1.29 is 14.0 Å². The number of thioether (sulfide) groups is 1. The summed E-state index contributed by atoms with van der Waals surface area (Å²) < 4.78 is 15.2. The summed E-state index contributed by atoms with van der Waals surface area (Å²) in [6.45, 7) is 6.05. The van der Waals surface area contributed by atoms with E-state index in [2.05, 4.69) is 4.57 Å². The number of carbonyl (C=O) groups is 2. The van der Waals surface area contributed by atoms with Crippen LogP contribution in [0.1, 0.15) is 28.1 Å². The molecular weight excluding hydrogens is 435 g/mol. The van der Waals surface area contributed by atoms with Gasteiger partial charge in [-0.1, -0.05) is 29.8 Å². The molecule has 1 aliphatic rings. The van der Waals surface area contributed by atoms with E-state index >= 15 is 0 Å². The Balaban J connectivity index is 1.65. The molecule has 2 amide bonds. The molecule has 0 N–H and O–H groups in total. The summed E-state index contributed by atoms with van der Waals surface area (Å²) in [6, 6.07) is 13.5. The van der Waals surface area contributed by atoms with Crippen LogP contribution in [0.3, 0.4) is 0 Å². The summed E-state index contributed by atoms with van der Waals surface area (Å²) in [4.78, 5) is 26.9. The largest absolute Gasteiger partial charge is 0.318 e. The maximum Gasteiger partial charge on any atom is 0.293 e. The van der Waals surface area contributed by atoms with Crippen LogP contribution in [0.5, 0.6) is 0 Å². The zero-order valence-corrected chi connectivity index (χ0v) is 18.9. The Bertz CT molecular complexity index is 1230. The minimum Gasteiger partial charge on any atom is -0.318 e. The number of hydrogen-bond acceptors (Lipinski definition) is 3. The van der Waals surface area contributed by atoms with Crippen LogP contribution in [-0.2, 0) is 11.3 Å². The van der Waals surface area contributed by atoms with Gasteiger partial charge in [0.05, 0.1) is 11.4 Å². The zero-order valence-electron chi connectivity index (χ0n) is 17.3. The first-order valence-electron chi connectivity index (χ1n) is 9.70. The van der Waals surface area contributed by atoms with E-state index in [4.69, 9.17) is 11.6 Å². The Kier molecular flexibility index (Phi) is 5.77. The first-order valence-corrected chi connectivity index (χ1v) is 10.9. The van der Waals surface area contributed by atoms with E-state index in [9.17, 15) is 14.0 Å². The molecule has 158 valence electrons. The third-order valence-corrected chi connectivity index (χ3v) is 6.68.